The molecule has 0 aliphatic heterocycles. The van der Waals surface area contributed by atoms with Crippen LogP contribution in [0.25, 0.3) is 0 Å². The molecular formula is C15H26N4O. The number of aromatic nitrogens is 2. The second kappa shape index (κ2) is 6.39. The van der Waals surface area contributed by atoms with E-state index in [1.54, 1.807) is 7.11 Å². The van der Waals surface area contributed by atoms with Crippen molar-refractivity contribution in [3.8, 4) is 0 Å². The summed E-state index contributed by atoms with van der Waals surface area (Å²) in [5.41, 5.74) is 0.310. The van der Waals surface area contributed by atoms with Crippen molar-refractivity contribution in [2.45, 2.75) is 52.2 Å². The molecule has 0 bridgehead atoms. The van der Waals surface area contributed by atoms with Gasteiger partial charge in [-0.2, -0.15) is 0 Å². The van der Waals surface area contributed by atoms with Crippen LogP contribution in [0.15, 0.2) is 6.07 Å². The van der Waals surface area contributed by atoms with Gasteiger partial charge in [-0.3, -0.25) is 0 Å². The number of hydrogen-bond donors (Lipinski definition) is 2. The number of nitrogens with zero attached hydrogens (tertiary/aromatic N) is 2. The maximum atomic E-state index is 5.13. The Kier molecular flexibility index (Phi) is 4.81. The topological polar surface area (TPSA) is 59.1 Å². The lowest BCUT2D eigenvalue weighted by molar-refractivity contribution is 0.178. The van der Waals surface area contributed by atoms with Gasteiger partial charge in [-0.1, -0.05) is 26.7 Å². The fourth-order valence-electron chi connectivity index (χ4n) is 2.83. The molecule has 0 aromatic carbocycles. The minimum absolute atomic E-state index is 0.310. The number of nitrogens with one attached hydrogen (secondary N) is 2. The van der Waals surface area contributed by atoms with Gasteiger partial charge in [0.05, 0.1) is 0 Å². The molecule has 5 heteroatoms. The quantitative estimate of drug-likeness (QED) is 0.867. The Hall–Kier alpha value is -1.36. The summed E-state index contributed by atoms with van der Waals surface area (Å²) in [5, 5.41) is 6.68. The summed E-state index contributed by atoms with van der Waals surface area (Å²) in [6.07, 6.45) is 5.08. The Morgan fingerprint density at radius 1 is 1.30 bits per heavy atom. The number of anilines is 2. The molecule has 0 spiro atoms. The van der Waals surface area contributed by atoms with Gasteiger partial charge in [0.25, 0.3) is 0 Å². The van der Waals surface area contributed by atoms with Gasteiger partial charge >= 0.3 is 0 Å². The van der Waals surface area contributed by atoms with Crippen LogP contribution >= 0.6 is 0 Å². The fourth-order valence-corrected chi connectivity index (χ4v) is 2.83. The summed E-state index contributed by atoms with van der Waals surface area (Å²) < 4.78 is 5.13. The molecule has 1 heterocycles. The first kappa shape index (κ1) is 15.0. The molecule has 1 aliphatic carbocycles. The predicted octanol–water partition coefficient (Wildman–Crippen LogP) is 3.05. The van der Waals surface area contributed by atoms with E-state index in [1.807, 2.05) is 13.1 Å². The normalized spacial score (nSPS) is 21.5. The minimum atomic E-state index is 0.310. The van der Waals surface area contributed by atoms with Crippen molar-refractivity contribution >= 4 is 11.6 Å². The van der Waals surface area contributed by atoms with E-state index in [0.717, 1.165) is 11.6 Å². The highest BCUT2D eigenvalue weighted by atomic mass is 16.5. The Labute approximate surface area is 121 Å². The lowest BCUT2D eigenvalue weighted by Gasteiger charge is -2.39. The van der Waals surface area contributed by atoms with Crippen molar-refractivity contribution in [2.24, 2.45) is 5.41 Å². The lowest BCUT2D eigenvalue weighted by atomic mass is 9.73. The van der Waals surface area contributed by atoms with Crippen molar-refractivity contribution in [1.82, 2.24) is 9.97 Å². The van der Waals surface area contributed by atoms with Crippen LogP contribution in [0, 0.1) is 5.41 Å². The molecule has 20 heavy (non-hydrogen) atoms. The van der Waals surface area contributed by atoms with E-state index in [2.05, 4.69) is 34.4 Å². The van der Waals surface area contributed by atoms with Gasteiger partial charge in [0.1, 0.15) is 18.2 Å². The Balaban J connectivity index is 2.17. The number of rotatable bonds is 5. The summed E-state index contributed by atoms with van der Waals surface area (Å²) in [5.74, 6) is 2.41. The first-order chi connectivity index (χ1) is 9.55. The van der Waals surface area contributed by atoms with E-state index in [1.165, 1.54) is 25.7 Å². The average Bonchev–Trinajstić information content (AvgIpc) is 2.41. The SMILES string of the molecule is CNc1cc(NC2CCCCC2(C)C)nc(COC)n1. The summed E-state index contributed by atoms with van der Waals surface area (Å²) in [6.45, 7) is 5.10. The van der Waals surface area contributed by atoms with Gasteiger partial charge in [-0.25, -0.2) is 9.97 Å². The molecule has 2 rings (SSSR count). The van der Waals surface area contributed by atoms with Crippen molar-refractivity contribution in [3.05, 3.63) is 11.9 Å². The third-order valence-electron chi connectivity index (χ3n) is 4.13. The third kappa shape index (κ3) is 3.60. The highest BCUT2D eigenvalue weighted by Gasteiger charge is 2.32. The van der Waals surface area contributed by atoms with Crippen molar-refractivity contribution < 1.29 is 4.74 Å². The van der Waals surface area contributed by atoms with E-state index in [-0.39, 0.29) is 0 Å². The van der Waals surface area contributed by atoms with Crippen LogP contribution < -0.4 is 10.6 Å². The van der Waals surface area contributed by atoms with Crippen molar-refractivity contribution in [3.63, 3.8) is 0 Å². The summed E-state index contributed by atoms with van der Waals surface area (Å²) in [7, 11) is 3.53. The van der Waals surface area contributed by atoms with Crippen molar-refractivity contribution in [1.29, 1.82) is 0 Å². The van der Waals surface area contributed by atoms with Crippen LogP contribution in [0.2, 0.25) is 0 Å². The van der Waals surface area contributed by atoms with Crippen LogP contribution in [-0.4, -0.2) is 30.2 Å². The third-order valence-corrected chi connectivity index (χ3v) is 4.13. The molecule has 1 atom stereocenters. The molecule has 2 N–H and O–H groups in total. The van der Waals surface area contributed by atoms with Crippen LogP contribution in [0.1, 0.15) is 45.4 Å². The second-order valence-electron chi connectivity index (χ2n) is 6.17. The standard InChI is InChI=1S/C15H26N4O/c1-15(2)8-6-5-7-11(15)17-13-9-12(16-3)18-14(19-13)10-20-4/h9,11H,5-8,10H2,1-4H3,(H2,16,17,18,19). The van der Waals surface area contributed by atoms with E-state index >= 15 is 0 Å². The van der Waals surface area contributed by atoms with Crippen LogP contribution in [0.4, 0.5) is 11.6 Å². The van der Waals surface area contributed by atoms with Gasteiger partial charge < -0.3 is 15.4 Å². The molecule has 5 nitrogen and oxygen atoms in total. The number of methoxy groups -OCH3 is 1. The monoisotopic (exact) mass is 278 g/mol. The van der Waals surface area contributed by atoms with Crippen molar-refractivity contribution in [2.75, 3.05) is 24.8 Å². The fraction of sp³-hybridized carbons (Fsp3) is 0.733. The zero-order valence-electron chi connectivity index (χ0n) is 13.0. The van der Waals surface area contributed by atoms with Crippen LogP contribution in [0.5, 0.6) is 0 Å². The van der Waals surface area contributed by atoms with E-state index in [4.69, 9.17) is 4.74 Å². The molecule has 1 saturated carbocycles. The second-order valence-corrected chi connectivity index (χ2v) is 6.17. The van der Waals surface area contributed by atoms with Gasteiger partial charge in [-0.05, 0) is 18.3 Å². The first-order valence-electron chi connectivity index (χ1n) is 7.36. The molecule has 112 valence electrons. The summed E-state index contributed by atoms with van der Waals surface area (Å²) in [6, 6.07) is 2.43. The largest absolute Gasteiger partial charge is 0.377 e. The van der Waals surface area contributed by atoms with Gasteiger partial charge in [0.15, 0.2) is 5.82 Å². The molecule has 1 unspecified atom stereocenters. The molecule has 1 aromatic heterocycles. The maximum Gasteiger partial charge on any atom is 0.158 e. The maximum absolute atomic E-state index is 5.13. The molecule has 0 radical (unpaired) electrons. The summed E-state index contributed by atoms with van der Waals surface area (Å²) in [4.78, 5) is 8.93. The van der Waals surface area contributed by atoms with Gasteiger partial charge in [0.2, 0.25) is 0 Å². The van der Waals surface area contributed by atoms with Gasteiger partial charge in [0, 0.05) is 26.3 Å². The summed E-state index contributed by atoms with van der Waals surface area (Å²) >= 11 is 0. The molecule has 1 aromatic rings. The minimum Gasteiger partial charge on any atom is -0.377 e. The zero-order chi connectivity index (χ0) is 14.6. The highest BCUT2D eigenvalue weighted by Crippen LogP contribution is 2.37. The molecule has 1 fully saturated rings. The van der Waals surface area contributed by atoms with E-state index in [9.17, 15) is 0 Å². The van der Waals surface area contributed by atoms with E-state index in [0.29, 0.717) is 23.9 Å². The van der Waals surface area contributed by atoms with E-state index < -0.39 is 0 Å². The zero-order valence-corrected chi connectivity index (χ0v) is 13.0. The first-order valence-corrected chi connectivity index (χ1v) is 7.36. The Bertz CT molecular complexity index is 447. The average molecular weight is 278 g/mol. The molecule has 0 saturated heterocycles. The Morgan fingerprint density at radius 2 is 2.05 bits per heavy atom. The smallest absolute Gasteiger partial charge is 0.158 e. The lowest BCUT2D eigenvalue weighted by Crippen LogP contribution is -2.39. The number of hydrogen-bond acceptors (Lipinski definition) is 5. The van der Waals surface area contributed by atoms with Gasteiger partial charge in [-0.15, -0.1) is 0 Å². The Morgan fingerprint density at radius 3 is 2.70 bits per heavy atom. The molecule has 1 aliphatic rings. The molecule has 0 amide bonds. The highest BCUT2D eigenvalue weighted by molar-refractivity contribution is 5.48. The van der Waals surface area contributed by atoms with Crippen LogP contribution in [0.3, 0.4) is 0 Å². The van der Waals surface area contributed by atoms with Crippen LogP contribution in [-0.2, 0) is 11.3 Å². The number of ether oxygens (including phenoxy) is 1. The molecular weight excluding hydrogens is 252 g/mol. The predicted molar refractivity (Wildman–Crippen MR) is 82.0 cm³/mol.